The molecule has 0 spiro atoms. The minimum atomic E-state index is 0.0340. The molecule has 0 radical (unpaired) electrons. The molecule has 0 N–H and O–H groups in total. The van der Waals surface area contributed by atoms with Crippen molar-refractivity contribution in [3.63, 3.8) is 0 Å². The number of para-hydroxylation sites is 2. The minimum absolute atomic E-state index is 0.0340. The van der Waals surface area contributed by atoms with E-state index in [9.17, 15) is 9.59 Å². The molecule has 2 aliphatic rings. The maximum atomic E-state index is 13.0. The van der Waals surface area contributed by atoms with Crippen molar-refractivity contribution in [3.05, 3.63) is 60.7 Å². The zero-order valence-corrected chi connectivity index (χ0v) is 19.2. The fourth-order valence-corrected chi connectivity index (χ4v) is 4.62. The van der Waals surface area contributed by atoms with Crippen LogP contribution in [0.25, 0.3) is 0 Å². The third-order valence-electron chi connectivity index (χ3n) is 6.68. The monoisotopic (exact) mass is 450 g/mol. The van der Waals surface area contributed by atoms with Crippen molar-refractivity contribution in [2.75, 3.05) is 39.4 Å². The normalized spacial score (nSPS) is 17.6. The average Bonchev–Trinajstić information content (AvgIpc) is 2.88. The number of ether oxygens (including phenoxy) is 2. The number of carbonyl (C=O) groups is 2. The third-order valence-corrected chi connectivity index (χ3v) is 6.68. The molecule has 2 aliphatic heterocycles. The topological polar surface area (TPSA) is 59.1 Å². The minimum Gasteiger partial charge on any atom is -0.493 e. The van der Waals surface area contributed by atoms with E-state index in [1.807, 2.05) is 70.5 Å². The number of likely N-dealkylation sites (tertiary alicyclic amines) is 2. The number of benzene rings is 2. The maximum Gasteiger partial charge on any atom is 0.225 e. The number of hydrogen-bond acceptors (Lipinski definition) is 4. The Balaban J connectivity index is 1.13. The van der Waals surface area contributed by atoms with Crippen LogP contribution in [0.5, 0.6) is 11.5 Å². The van der Waals surface area contributed by atoms with Crippen LogP contribution in [0.2, 0.25) is 0 Å². The first-order chi connectivity index (χ1) is 16.2. The van der Waals surface area contributed by atoms with Crippen LogP contribution in [0, 0.1) is 11.8 Å². The lowest BCUT2D eigenvalue weighted by atomic mass is 9.92. The molecule has 2 aromatic rings. The summed E-state index contributed by atoms with van der Waals surface area (Å²) in [6.07, 6.45) is 3.84. The number of hydrogen-bond donors (Lipinski definition) is 0. The van der Waals surface area contributed by atoms with E-state index in [0.29, 0.717) is 38.6 Å². The summed E-state index contributed by atoms with van der Waals surface area (Å²) in [6.45, 7) is 4.00. The van der Waals surface area contributed by atoms with E-state index < -0.39 is 0 Å². The van der Waals surface area contributed by atoms with Gasteiger partial charge in [-0.15, -0.1) is 0 Å². The fraction of sp³-hybridized carbons (Fsp3) is 0.481. The van der Waals surface area contributed by atoms with E-state index in [0.717, 1.165) is 50.3 Å². The van der Waals surface area contributed by atoms with Crippen LogP contribution in [0.4, 0.5) is 0 Å². The number of nitrogens with zero attached hydrogens (tertiary/aromatic N) is 2. The SMILES string of the molecule is O=C(CCOc1ccccc1)N1CCC(C(=O)N2CCC(COc3ccccc3)CC2)CC1. The molecule has 0 bridgehead atoms. The lowest BCUT2D eigenvalue weighted by molar-refractivity contribution is -0.142. The van der Waals surface area contributed by atoms with Gasteiger partial charge in [-0.1, -0.05) is 36.4 Å². The second kappa shape index (κ2) is 11.7. The van der Waals surface area contributed by atoms with Gasteiger partial charge in [0.25, 0.3) is 0 Å². The van der Waals surface area contributed by atoms with Gasteiger partial charge < -0.3 is 19.3 Å². The van der Waals surface area contributed by atoms with Crippen molar-refractivity contribution < 1.29 is 19.1 Å². The number of piperidine rings is 2. The number of rotatable bonds is 8. The van der Waals surface area contributed by atoms with Crippen molar-refractivity contribution >= 4 is 11.8 Å². The van der Waals surface area contributed by atoms with Gasteiger partial charge >= 0.3 is 0 Å². The summed E-state index contributed by atoms with van der Waals surface area (Å²) in [5.74, 6) is 2.58. The predicted molar refractivity (Wildman–Crippen MR) is 127 cm³/mol. The Labute approximate surface area is 196 Å². The molecule has 2 saturated heterocycles. The van der Waals surface area contributed by atoms with E-state index >= 15 is 0 Å². The van der Waals surface area contributed by atoms with Crippen LogP contribution >= 0.6 is 0 Å². The molecule has 33 heavy (non-hydrogen) atoms. The Morgan fingerprint density at radius 2 is 1.27 bits per heavy atom. The average molecular weight is 451 g/mol. The molecule has 0 saturated carbocycles. The van der Waals surface area contributed by atoms with Gasteiger partial charge in [-0.3, -0.25) is 9.59 Å². The summed E-state index contributed by atoms with van der Waals surface area (Å²) in [4.78, 5) is 29.4. The van der Waals surface area contributed by atoms with Crippen LogP contribution in [-0.2, 0) is 9.59 Å². The molecule has 176 valence electrons. The van der Waals surface area contributed by atoms with E-state index in [1.165, 1.54) is 0 Å². The van der Waals surface area contributed by atoms with Gasteiger partial charge in [-0.2, -0.15) is 0 Å². The van der Waals surface area contributed by atoms with Crippen LogP contribution in [0.3, 0.4) is 0 Å². The smallest absolute Gasteiger partial charge is 0.225 e. The molecule has 4 rings (SSSR count). The lowest BCUT2D eigenvalue weighted by Crippen LogP contribution is -2.47. The first-order valence-corrected chi connectivity index (χ1v) is 12.1. The third kappa shape index (κ3) is 6.73. The summed E-state index contributed by atoms with van der Waals surface area (Å²) in [5, 5.41) is 0. The number of carbonyl (C=O) groups excluding carboxylic acids is 2. The number of amides is 2. The molecule has 2 fully saturated rings. The molecular weight excluding hydrogens is 416 g/mol. The summed E-state index contributed by atoms with van der Waals surface area (Å²) in [6, 6.07) is 19.4. The van der Waals surface area contributed by atoms with Crippen LogP contribution in [0.15, 0.2) is 60.7 Å². The molecule has 0 atom stereocenters. The van der Waals surface area contributed by atoms with Crippen molar-refractivity contribution in [3.8, 4) is 11.5 Å². The Hall–Kier alpha value is -3.02. The van der Waals surface area contributed by atoms with Crippen LogP contribution in [-0.4, -0.2) is 61.0 Å². The van der Waals surface area contributed by atoms with Crippen LogP contribution < -0.4 is 9.47 Å². The fourth-order valence-electron chi connectivity index (χ4n) is 4.62. The molecule has 2 amide bonds. The zero-order chi connectivity index (χ0) is 22.9. The van der Waals surface area contributed by atoms with Crippen LogP contribution in [0.1, 0.15) is 32.1 Å². The van der Waals surface area contributed by atoms with Gasteiger partial charge in [0.1, 0.15) is 11.5 Å². The molecule has 2 aromatic carbocycles. The van der Waals surface area contributed by atoms with E-state index in [-0.39, 0.29) is 17.7 Å². The van der Waals surface area contributed by atoms with Crippen molar-refractivity contribution in [2.24, 2.45) is 11.8 Å². The van der Waals surface area contributed by atoms with Gasteiger partial charge in [0.2, 0.25) is 11.8 Å². The maximum absolute atomic E-state index is 13.0. The van der Waals surface area contributed by atoms with Gasteiger partial charge in [0, 0.05) is 32.1 Å². The second-order valence-electron chi connectivity index (χ2n) is 8.96. The highest BCUT2D eigenvalue weighted by atomic mass is 16.5. The highest BCUT2D eigenvalue weighted by Crippen LogP contribution is 2.25. The molecule has 6 nitrogen and oxygen atoms in total. The van der Waals surface area contributed by atoms with Gasteiger partial charge in [0.05, 0.1) is 19.6 Å². The zero-order valence-electron chi connectivity index (χ0n) is 19.2. The Morgan fingerprint density at radius 3 is 1.88 bits per heavy atom. The Morgan fingerprint density at radius 1 is 0.727 bits per heavy atom. The van der Waals surface area contributed by atoms with Gasteiger partial charge in [-0.05, 0) is 55.9 Å². The highest BCUT2D eigenvalue weighted by molar-refractivity contribution is 5.80. The molecule has 0 unspecified atom stereocenters. The molecule has 6 heteroatoms. The highest BCUT2D eigenvalue weighted by Gasteiger charge is 2.32. The standard InChI is InChI=1S/C27H34N2O4/c30-26(15-20-32-24-7-3-1-4-8-24)28-18-13-23(14-19-28)27(31)29-16-11-22(12-17-29)21-33-25-9-5-2-6-10-25/h1-10,22-23H,11-21H2. The first kappa shape index (κ1) is 23.1. The summed E-state index contributed by atoms with van der Waals surface area (Å²) < 4.78 is 11.5. The summed E-state index contributed by atoms with van der Waals surface area (Å²) >= 11 is 0. The van der Waals surface area contributed by atoms with Gasteiger partial charge in [-0.25, -0.2) is 0 Å². The quantitative estimate of drug-likeness (QED) is 0.610. The van der Waals surface area contributed by atoms with Crippen molar-refractivity contribution in [1.82, 2.24) is 9.80 Å². The molecule has 2 heterocycles. The molecule has 0 aromatic heterocycles. The van der Waals surface area contributed by atoms with E-state index in [4.69, 9.17) is 9.47 Å². The second-order valence-corrected chi connectivity index (χ2v) is 8.96. The molecule has 0 aliphatic carbocycles. The van der Waals surface area contributed by atoms with Gasteiger partial charge in [0.15, 0.2) is 0 Å². The van der Waals surface area contributed by atoms with E-state index in [1.54, 1.807) is 0 Å². The summed E-state index contributed by atoms with van der Waals surface area (Å²) in [7, 11) is 0. The van der Waals surface area contributed by atoms with Crippen molar-refractivity contribution in [1.29, 1.82) is 0 Å². The predicted octanol–water partition coefficient (Wildman–Crippen LogP) is 4.01. The molecular formula is C27H34N2O4. The van der Waals surface area contributed by atoms with Crippen molar-refractivity contribution in [2.45, 2.75) is 32.1 Å². The first-order valence-electron chi connectivity index (χ1n) is 12.1. The Bertz CT molecular complexity index is 874. The lowest BCUT2D eigenvalue weighted by Gasteiger charge is -2.37. The Kier molecular flexibility index (Phi) is 8.23. The largest absolute Gasteiger partial charge is 0.493 e. The summed E-state index contributed by atoms with van der Waals surface area (Å²) in [5.41, 5.74) is 0. The van der Waals surface area contributed by atoms with E-state index in [2.05, 4.69) is 0 Å².